The lowest BCUT2D eigenvalue weighted by Gasteiger charge is -2.20. The Hall–Kier alpha value is -1.46. The van der Waals surface area contributed by atoms with Gasteiger partial charge in [0.15, 0.2) is 4.47 Å². The number of hydrogen-bond acceptors (Lipinski definition) is 5. The number of thiazole rings is 1. The average Bonchev–Trinajstić information content (AvgIpc) is 2.75. The van der Waals surface area contributed by atoms with Crippen molar-refractivity contribution in [2.24, 2.45) is 0 Å². The number of carbonyl (C=O) groups is 1. The molecule has 0 saturated carbocycles. The lowest BCUT2D eigenvalue weighted by Crippen LogP contribution is -2.25. The standard InChI is InChI=1S/C12H12ClN3OS/c1-9-2-3-11(14-6-9)16(4-5-17)8-10-7-15-12(13)18-10/h2-3,5-7H,4,8H2,1H3. The van der Waals surface area contributed by atoms with Crippen molar-refractivity contribution in [1.82, 2.24) is 9.97 Å². The monoisotopic (exact) mass is 281 g/mol. The van der Waals surface area contributed by atoms with Crippen LogP contribution in [0.5, 0.6) is 0 Å². The fourth-order valence-corrected chi connectivity index (χ4v) is 2.51. The lowest BCUT2D eigenvalue weighted by atomic mass is 10.3. The number of nitrogens with zero attached hydrogens (tertiary/aromatic N) is 3. The van der Waals surface area contributed by atoms with E-state index in [1.165, 1.54) is 11.3 Å². The normalized spacial score (nSPS) is 10.3. The van der Waals surface area contributed by atoms with Crippen LogP contribution in [0.25, 0.3) is 0 Å². The lowest BCUT2D eigenvalue weighted by molar-refractivity contribution is -0.106. The number of halogens is 1. The summed E-state index contributed by atoms with van der Waals surface area (Å²) in [5, 5.41) is 0. The molecule has 0 radical (unpaired) electrons. The molecule has 18 heavy (non-hydrogen) atoms. The third-order valence-electron chi connectivity index (χ3n) is 2.39. The first-order chi connectivity index (χ1) is 8.69. The van der Waals surface area contributed by atoms with E-state index in [2.05, 4.69) is 9.97 Å². The highest BCUT2D eigenvalue weighted by molar-refractivity contribution is 7.15. The molecular weight excluding hydrogens is 270 g/mol. The minimum absolute atomic E-state index is 0.297. The van der Waals surface area contributed by atoms with Gasteiger partial charge in [-0.25, -0.2) is 9.97 Å². The Morgan fingerprint density at radius 2 is 2.22 bits per heavy atom. The van der Waals surface area contributed by atoms with Gasteiger partial charge in [-0.3, -0.25) is 0 Å². The van der Waals surface area contributed by atoms with Gasteiger partial charge < -0.3 is 9.69 Å². The Balaban J connectivity index is 2.17. The minimum Gasteiger partial charge on any atom is -0.344 e. The number of aryl methyl sites for hydroxylation is 1. The van der Waals surface area contributed by atoms with Crippen LogP contribution in [-0.4, -0.2) is 22.8 Å². The van der Waals surface area contributed by atoms with E-state index in [1.54, 1.807) is 12.4 Å². The van der Waals surface area contributed by atoms with Gasteiger partial charge in [0.1, 0.15) is 12.1 Å². The fourth-order valence-electron chi connectivity index (χ4n) is 1.52. The molecular formula is C12H12ClN3OS. The zero-order chi connectivity index (χ0) is 13.0. The molecule has 0 aliphatic rings. The van der Waals surface area contributed by atoms with Crippen molar-refractivity contribution in [2.45, 2.75) is 13.5 Å². The highest BCUT2D eigenvalue weighted by Gasteiger charge is 2.10. The van der Waals surface area contributed by atoms with E-state index < -0.39 is 0 Å². The number of pyridine rings is 1. The number of hydrogen-bond donors (Lipinski definition) is 0. The first kappa shape index (κ1) is 13.0. The van der Waals surface area contributed by atoms with Crippen LogP contribution in [0.3, 0.4) is 0 Å². The molecule has 0 unspecified atom stereocenters. The molecule has 0 amide bonds. The van der Waals surface area contributed by atoms with Gasteiger partial charge in [-0.15, -0.1) is 11.3 Å². The van der Waals surface area contributed by atoms with E-state index in [9.17, 15) is 4.79 Å². The number of aromatic nitrogens is 2. The number of carbonyl (C=O) groups excluding carboxylic acids is 1. The summed E-state index contributed by atoms with van der Waals surface area (Å²) in [4.78, 5) is 21.9. The van der Waals surface area contributed by atoms with Crippen LogP contribution >= 0.6 is 22.9 Å². The molecule has 2 heterocycles. The van der Waals surface area contributed by atoms with Gasteiger partial charge in [0, 0.05) is 17.3 Å². The van der Waals surface area contributed by atoms with Gasteiger partial charge in [0.05, 0.1) is 13.1 Å². The zero-order valence-corrected chi connectivity index (χ0v) is 11.4. The molecule has 0 aromatic carbocycles. The Labute approximate surface area is 114 Å². The SMILES string of the molecule is Cc1ccc(N(CC=O)Cc2cnc(Cl)s2)nc1. The summed E-state index contributed by atoms with van der Waals surface area (Å²) in [6.45, 7) is 2.86. The largest absolute Gasteiger partial charge is 0.344 e. The molecule has 2 aromatic rings. The van der Waals surface area contributed by atoms with E-state index in [-0.39, 0.29) is 0 Å². The third-order valence-corrected chi connectivity index (χ3v) is 3.49. The molecule has 4 nitrogen and oxygen atoms in total. The summed E-state index contributed by atoms with van der Waals surface area (Å²) < 4.78 is 0.507. The predicted octanol–water partition coefficient (Wildman–Crippen LogP) is 2.71. The van der Waals surface area contributed by atoms with Gasteiger partial charge in [-0.1, -0.05) is 17.7 Å². The summed E-state index contributed by atoms with van der Waals surface area (Å²) in [7, 11) is 0. The Bertz CT molecular complexity index is 526. The Morgan fingerprint density at radius 3 is 2.78 bits per heavy atom. The van der Waals surface area contributed by atoms with Crippen molar-refractivity contribution in [3.05, 3.63) is 39.4 Å². The van der Waals surface area contributed by atoms with Gasteiger partial charge in [-0.2, -0.15) is 0 Å². The zero-order valence-electron chi connectivity index (χ0n) is 9.84. The molecule has 0 N–H and O–H groups in total. The smallest absolute Gasteiger partial charge is 0.183 e. The molecule has 6 heteroatoms. The first-order valence-corrected chi connectivity index (χ1v) is 6.60. The van der Waals surface area contributed by atoms with E-state index >= 15 is 0 Å². The van der Waals surface area contributed by atoms with Crippen molar-refractivity contribution >= 4 is 35.0 Å². The number of anilines is 1. The molecule has 94 valence electrons. The van der Waals surface area contributed by atoms with Gasteiger partial charge in [0.25, 0.3) is 0 Å². The number of aldehydes is 1. The quantitative estimate of drug-likeness (QED) is 0.791. The highest BCUT2D eigenvalue weighted by Crippen LogP contribution is 2.21. The highest BCUT2D eigenvalue weighted by atomic mass is 35.5. The second-order valence-corrected chi connectivity index (χ2v) is 5.52. The van der Waals surface area contributed by atoms with E-state index in [0.717, 1.165) is 22.5 Å². The van der Waals surface area contributed by atoms with Crippen molar-refractivity contribution < 1.29 is 4.79 Å². The molecule has 0 fully saturated rings. The fraction of sp³-hybridized carbons (Fsp3) is 0.250. The maximum absolute atomic E-state index is 10.7. The molecule has 0 bridgehead atoms. The Morgan fingerprint density at radius 1 is 1.39 bits per heavy atom. The van der Waals surface area contributed by atoms with Crippen LogP contribution in [0.15, 0.2) is 24.5 Å². The maximum atomic E-state index is 10.7. The van der Waals surface area contributed by atoms with Gasteiger partial charge >= 0.3 is 0 Å². The summed E-state index contributed by atoms with van der Waals surface area (Å²) in [6, 6.07) is 3.88. The minimum atomic E-state index is 0.297. The van der Waals surface area contributed by atoms with Crippen LogP contribution in [0, 0.1) is 6.92 Å². The maximum Gasteiger partial charge on any atom is 0.183 e. The summed E-state index contributed by atoms with van der Waals surface area (Å²) in [6.07, 6.45) is 4.37. The van der Waals surface area contributed by atoms with Crippen LogP contribution in [0.2, 0.25) is 4.47 Å². The van der Waals surface area contributed by atoms with Gasteiger partial charge in [-0.05, 0) is 18.6 Å². The summed E-state index contributed by atoms with van der Waals surface area (Å²) >= 11 is 7.20. The summed E-state index contributed by atoms with van der Waals surface area (Å²) in [5.41, 5.74) is 1.09. The van der Waals surface area contributed by atoms with Crippen LogP contribution in [-0.2, 0) is 11.3 Å². The third kappa shape index (κ3) is 3.27. The Kier molecular flexibility index (Phi) is 4.28. The molecule has 0 aliphatic carbocycles. The van der Waals surface area contributed by atoms with Crippen molar-refractivity contribution in [1.29, 1.82) is 0 Å². The molecule has 0 saturated heterocycles. The summed E-state index contributed by atoms with van der Waals surface area (Å²) in [5.74, 6) is 0.775. The average molecular weight is 282 g/mol. The van der Waals surface area contributed by atoms with E-state index in [0.29, 0.717) is 17.6 Å². The van der Waals surface area contributed by atoms with Crippen molar-refractivity contribution in [3.8, 4) is 0 Å². The predicted molar refractivity (Wildman–Crippen MR) is 73.2 cm³/mol. The van der Waals surface area contributed by atoms with Gasteiger partial charge in [0.2, 0.25) is 0 Å². The second-order valence-electron chi connectivity index (χ2n) is 3.82. The van der Waals surface area contributed by atoms with Crippen LogP contribution in [0.4, 0.5) is 5.82 Å². The van der Waals surface area contributed by atoms with Crippen molar-refractivity contribution in [3.63, 3.8) is 0 Å². The second kappa shape index (κ2) is 5.93. The van der Waals surface area contributed by atoms with Crippen LogP contribution < -0.4 is 4.90 Å². The number of rotatable bonds is 5. The topological polar surface area (TPSA) is 46.1 Å². The molecule has 0 atom stereocenters. The van der Waals surface area contributed by atoms with E-state index in [1.807, 2.05) is 24.0 Å². The van der Waals surface area contributed by atoms with Crippen molar-refractivity contribution in [2.75, 3.05) is 11.4 Å². The molecule has 2 aromatic heterocycles. The van der Waals surface area contributed by atoms with E-state index in [4.69, 9.17) is 11.6 Å². The first-order valence-electron chi connectivity index (χ1n) is 5.40. The molecule has 0 aliphatic heterocycles. The van der Waals surface area contributed by atoms with Crippen LogP contribution in [0.1, 0.15) is 10.4 Å². The molecule has 2 rings (SSSR count). The molecule has 0 spiro atoms.